The summed E-state index contributed by atoms with van der Waals surface area (Å²) in [6, 6.07) is 0. The number of carbonyl (C=O) groups excluding carboxylic acids is 1. The molecule has 2 atom stereocenters. The van der Waals surface area contributed by atoms with Crippen molar-refractivity contribution in [3.05, 3.63) is 12.3 Å². The highest BCUT2D eigenvalue weighted by Crippen LogP contribution is 2.21. The van der Waals surface area contributed by atoms with Gasteiger partial charge < -0.3 is 9.47 Å². The Kier molecular flexibility index (Phi) is 9.56. The summed E-state index contributed by atoms with van der Waals surface area (Å²) in [5.41, 5.74) is 0. The zero-order valence-corrected chi connectivity index (χ0v) is 10.8. The number of esters is 1. The van der Waals surface area contributed by atoms with Crippen molar-refractivity contribution in [3.8, 4) is 0 Å². The van der Waals surface area contributed by atoms with E-state index >= 15 is 0 Å². The van der Waals surface area contributed by atoms with Crippen molar-refractivity contribution in [3.63, 3.8) is 0 Å². The third-order valence-corrected chi connectivity index (χ3v) is 1.89. The molecule has 0 saturated carbocycles. The molecule has 0 saturated heterocycles. The molecule has 0 spiro atoms. The van der Waals surface area contributed by atoms with E-state index in [0.29, 0.717) is 0 Å². The molecule has 0 aliphatic heterocycles. The highest BCUT2D eigenvalue weighted by atomic mass is 31.1. The van der Waals surface area contributed by atoms with Crippen molar-refractivity contribution in [2.45, 2.75) is 20.0 Å². The van der Waals surface area contributed by atoms with Crippen LogP contribution in [0, 0.1) is 0 Å². The molecule has 17 heavy (non-hydrogen) atoms. The molecule has 0 amide bonds. The Balaban J connectivity index is 3.92. The maximum Gasteiger partial charge on any atom is 0.728 e. The molecule has 0 N–H and O–H groups in total. The zero-order valence-electron chi connectivity index (χ0n) is 9.95. The van der Waals surface area contributed by atoms with Crippen molar-refractivity contribution in [1.82, 2.24) is 0 Å². The molecule has 0 aromatic heterocycles. The summed E-state index contributed by atoms with van der Waals surface area (Å²) in [6.07, 6.45) is 2.49. The molecule has 0 aromatic rings. The second kappa shape index (κ2) is 10.2. The molecule has 0 rings (SSSR count). The molecule has 0 aromatic carbocycles. The molecule has 7 nitrogen and oxygen atoms in total. The van der Waals surface area contributed by atoms with Crippen LogP contribution in [-0.4, -0.2) is 32.4 Å². The van der Waals surface area contributed by atoms with Gasteiger partial charge in [0.25, 0.3) is 0 Å². The van der Waals surface area contributed by atoms with Gasteiger partial charge in [0.2, 0.25) is 0 Å². The summed E-state index contributed by atoms with van der Waals surface area (Å²) in [5.74, 6) is -0.473. The zero-order chi connectivity index (χ0) is 13.1. The van der Waals surface area contributed by atoms with Crippen LogP contribution in [0.25, 0.3) is 0 Å². The van der Waals surface area contributed by atoms with Crippen LogP contribution < -0.4 is 0 Å². The van der Waals surface area contributed by atoms with Gasteiger partial charge in [0.1, 0.15) is 13.2 Å². The molecule has 0 radical (unpaired) electrons. The summed E-state index contributed by atoms with van der Waals surface area (Å²) >= 11 is 0. The smallest absolute Gasteiger partial charge is 0.498 e. The van der Waals surface area contributed by atoms with Crippen LogP contribution in [0.2, 0.25) is 0 Å². The van der Waals surface area contributed by atoms with E-state index in [9.17, 15) is 9.36 Å². The van der Waals surface area contributed by atoms with E-state index in [2.05, 4.69) is 14.1 Å². The molecule has 8 heteroatoms. The fourth-order valence-electron chi connectivity index (χ4n) is 0.790. The van der Waals surface area contributed by atoms with Crippen LogP contribution in [0.4, 0.5) is 0 Å². The first-order valence-electron chi connectivity index (χ1n) is 4.81. The molecule has 0 bridgehead atoms. The van der Waals surface area contributed by atoms with E-state index in [4.69, 9.17) is 9.47 Å². The van der Waals surface area contributed by atoms with Gasteiger partial charge in [-0.1, -0.05) is 6.08 Å². The van der Waals surface area contributed by atoms with Crippen molar-refractivity contribution in [2.75, 3.05) is 20.3 Å². The maximum absolute atomic E-state index is 10.8. The summed E-state index contributed by atoms with van der Waals surface area (Å²) < 4.78 is 29.3. The monoisotopic (exact) mass is 267 g/mol. The number of allylic oxidation sites excluding steroid dienone is 1. The lowest BCUT2D eigenvalue weighted by molar-refractivity contribution is -0.231. The minimum Gasteiger partial charge on any atom is -0.498 e. The Morgan fingerprint density at radius 1 is 1.41 bits per heavy atom. The summed E-state index contributed by atoms with van der Waals surface area (Å²) in [6.45, 7) is 3.04. The van der Waals surface area contributed by atoms with Gasteiger partial charge in [-0.05, 0) is 6.92 Å². The highest BCUT2D eigenvalue weighted by Gasteiger charge is 2.21. The highest BCUT2D eigenvalue weighted by molar-refractivity contribution is 7.33. The number of hydrogen-bond acceptors (Lipinski definition) is 7. The maximum atomic E-state index is 10.8. The standard InChI is InChI=1S/C9H16O7P/c1-4-5-13-6-9(15-8(2)10)7-14-16-17(11)12-3/h4-5,9H,6-7H2,1-3H3/q+1/b5-4+. The molecule has 98 valence electrons. The Labute approximate surface area is 101 Å². The van der Waals surface area contributed by atoms with Crippen LogP contribution in [0.5, 0.6) is 0 Å². The lowest BCUT2D eigenvalue weighted by atomic mass is 10.4. The van der Waals surface area contributed by atoms with E-state index < -0.39 is 20.3 Å². The second-order valence-corrected chi connectivity index (χ2v) is 3.76. The first kappa shape index (κ1) is 16.0. The van der Waals surface area contributed by atoms with E-state index in [1.807, 2.05) is 0 Å². The quantitative estimate of drug-likeness (QED) is 0.207. The van der Waals surface area contributed by atoms with Crippen LogP contribution in [0.3, 0.4) is 0 Å². The number of carbonyl (C=O) groups is 1. The SMILES string of the molecule is C/C=C/OCC(COO[P+](=O)OC)OC(C)=O. The second-order valence-electron chi connectivity index (χ2n) is 2.80. The first-order valence-corrected chi connectivity index (χ1v) is 5.90. The first-order chi connectivity index (χ1) is 8.10. The predicted octanol–water partition coefficient (Wildman–Crippen LogP) is 1.72. The topological polar surface area (TPSA) is 80.3 Å². The van der Waals surface area contributed by atoms with Crippen molar-refractivity contribution < 1.29 is 32.9 Å². The third kappa shape index (κ3) is 9.89. The summed E-state index contributed by atoms with van der Waals surface area (Å²) in [4.78, 5) is 15.4. The number of hydrogen-bond donors (Lipinski definition) is 0. The Bertz CT molecular complexity index is 266. The lowest BCUT2D eigenvalue weighted by Gasteiger charge is -2.14. The van der Waals surface area contributed by atoms with E-state index in [-0.39, 0.29) is 13.2 Å². The normalized spacial score (nSPS) is 13.5. The van der Waals surface area contributed by atoms with Crippen molar-refractivity contribution >= 4 is 14.2 Å². The largest absolute Gasteiger partial charge is 0.728 e. The fourth-order valence-corrected chi connectivity index (χ4v) is 0.998. The molecule has 2 unspecified atom stereocenters. The van der Waals surface area contributed by atoms with Crippen molar-refractivity contribution in [1.29, 1.82) is 0 Å². The average Bonchev–Trinajstić information content (AvgIpc) is 2.28. The van der Waals surface area contributed by atoms with Gasteiger partial charge in [-0.3, -0.25) is 4.79 Å². The summed E-state index contributed by atoms with van der Waals surface area (Å²) in [7, 11) is -1.10. The lowest BCUT2D eigenvalue weighted by Crippen LogP contribution is -2.26. The Hall–Kier alpha value is -1.01. The van der Waals surface area contributed by atoms with Crippen LogP contribution >= 0.6 is 8.25 Å². The van der Waals surface area contributed by atoms with Gasteiger partial charge in [-0.2, -0.15) is 4.89 Å². The fraction of sp³-hybridized carbons (Fsp3) is 0.667. The minimum absolute atomic E-state index is 0.108. The molecular weight excluding hydrogens is 251 g/mol. The van der Waals surface area contributed by atoms with Gasteiger partial charge in [0.15, 0.2) is 6.10 Å². The molecule has 0 aliphatic rings. The van der Waals surface area contributed by atoms with Gasteiger partial charge in [0.05, 0.1) is 18.0 Å². The van der Waals surface area contributed by atoms with Crippen LogP contribution in [-0.2, 0) is 32.9 Å². The van der Waals surface area contributed by atoms with Gasteiger partial charge >= 0.3 is 14.2 Å². The molecule has 0 fully saturated rings. The Morgan fingerprint density at radius 2 is 2.12 bits per heavy atom. The number of rotatable bonds is 9. The van der Waals surface area contributed by atoms with Crippen LogP contribution in [0.1, 0.15) is 13.8 Å². The number of ether oxygens (including phenoxy) is 2. The molecule has 0 heterocycles. The molecular formula is C9H16O7P+. The molecule has 0 aliphatic carbocycles. The third-order valence-electron chi connectivity index (χ3n) is 1.36. The average molecular weight is 267 g/mol. The van der Waals surface area contributed by atoms with E-state index in [0.717, 1.165) is 0 Å². The van der Waals surface area contributed by atoms with E-state index in [1.165, 1.54) is 20.3 Å². The van der Waals surface area contributed by atoms with Crippen molar-refractivity contribution in [2.24, 2.45) is 0 Å². The van der Waals surface area contributed by atoms with E-state index in [1.54, 1.807) is 13.0 Å². The Morgan fingerprint density at radius 3 is 2.65 bits per heavy atom. The van der Waals surface area contributed by atoms with Gasteiger partial charge in [-0.25, -0.2) is 0 Å². The summed E-state index contributed by atoms with van der Waals surface area (Å²) in [5, 5.41) is 0. The van der Waals surface area contributed by atoms with Gasteiger partial charge in [-0.15, -0.1) is 4.52 Å². The minimum atomic E-state index is -2.31. The van der Waals surface area contributed by atoms with Gasteiger partial charge in [0, 0.05) is 11.5 Å². The van der Waals surface area contributed by atoms with Crippen LogP contribution in [0.15, 0.2) is 12.3 Å². The predicted molar refractivity (Wildman–Crippen MR) is 58.0 cm³/mol.